The van der Waals surface area contributed by atoms with E-state index in [2.05, 4.69) is 4.90 Å². The van der Waals surface area contributed by atoms with Gasteiger partial charge in [0.15, 0.2) is 0 Å². The van der Waals surface area contributed by atoms with E-state index in [0.717, 1.165) is 23.4 Å². The molecule has 1 aromatic rings. The zero-order valence-electron chi connectivity index (χ0n) is 10.1. The molecular formula is C12H20N2O2. The highest BCUT2D eigenvalue weighted by molar-refractivity contribution is 5.36. The zero-order valence-corrected chi connectivity index (χ0v) is 10.1. The molecule has 0 aliphatic heterocycles. The molecule has 0 heterocycles. The van der Waals surface area contributed by atoms with E-state index in [1.807, 2.05) is 32.3 Å². The van der Waals surface area contributed by atoms with Crippen LogP contribution in [-0.4, -0.2) is 37.8 Å². The number of rotatable bonds is 5. The van der Waals surface area contributed by atoms with Crippen molar-refractivity contribution in [1.82, 2.24) is 4.90 Å². The summed E-state index contributed by atoms with van der Waals surface area (Å²) in [6.07, 6.45) is 0. The molecule has 1 unspecified atom stereocenters. The largest absolute Gasteiger partial charge is 0.497 e. The quantitative estimate of drug-likeness (QED) is 0.775. The Labute approximate surface area is 96.6 Å². The first kappa shape index (κ1) is 13.0. The van der Waals surface area contributed by atoms with Gasteiger partial charge in [0.25, 0.3) is 0 Å². The van der Waals surface area contributed by atoms with Gasteiger partial charge < -0.3 is 20.5 Å². The van der Waals surface area contributed by atoms with Crippen LogP contribution in [0.25, 0.3) is 0 Å². The van der Waals surface area contributed by atoms with Crippen LogP contribution in [0.15, 0.2) is 18.2 Å². The topological polar surface area (TPSA) is 58.7 Å². The maximum Gasteiger partial charge on any atom is 0.119 e. The summed E-state index contributed by atoms with van der Waals surface area (Å²) in [5.74, 6) is 0.776. The van der Waals surface area contributed by atoms with E-state index in [1.165, 1.54) is 0 Å². The number of methoxy groups -OCH3 is 1. The Morgan fingerprint density at radius 2 is 2.06 bits per heavy atom. The fourth-order valence-corrected chi connectivity index (χ4v) is 1.58. The van der Waals surface area contributed by atoms with Gasteiger partial charge in [0.1, 0.15) is 5.75 Å². The molecule has 16 heavy (non-hydrogen) atoms. The Bertz CT molecular complexity index is 340. The van der Waals surface area contributed by atoms with Gasteiger partial charge >= 0.3 is 0 Å². The minimum atomic E-state index is -0.351. The lowest BCUT2D eigenvalue weighted by atomic mass is 10.0. The highest BCUT2D eigenvalue weighted by Crippen LogP contribution is 2.21. The summed E-state index contributed by atoms with van der Waals surface area (Å²) in [6.45, 7) is 0.761. The molecule has 0 spiro atoms. The van der Waals surface area contributed by atoms with Crippen molar-refractivity contribution >= 4 is 0 Å². The van der Waals surface area contributed by atoms with Crippen molar-refractivity contribution in [3.05, 3.63) is 29.3 Å². The lowest BCUT2D eigenvalue weighted by molar-refractivity contribution is 0.267. The van der Waals surface area contributed by atoms with Gasteiger partial charge in [0, 0.05) is 6.54 Å². The summed E-state index contributed by atoms with van der Waals surface area (Å²) >= 11 is 0. The summed E-state index contributed by atoms with van der Waals surface area (Å²) in [5, 5.41) is 9.05. The predicted molar refractivity (Wildman–Crippen MR) is 64.4 cm³/mol. The number of hydrogen-bond donors (Lipinski definition) is 2. The number of hydrogen-bond acceptors (Lipinski definition) is 4. The molecule has 0 amide bonds. The van der Waals surface area contributed by atoms with E-state index in [1.54, 1.807) is 7.11 Å². The van der Waals surface area contributed by atoms with Gasteiger partial charge in [-0.25, -0.2) is 0 Å². The average Bonchev–Trinajstić information content (AvgIpc) is 2.26. The summed E-state index contributed by atoms with van der Waals surface area (Å²) in [4.78, 5) is 2.07. The van der Waals surface area contributed by atoms with Gasteiger partial charge in [-0.15, -0.1) is 0 Å². The van der Waals surface area contributed by atoms with Crippen LogP contribution < -0.4 is 10.5 Å². The number of ether oxygens (including phenoxy) is 1. The van der Waals surface area contributed by atoms with Crippen molar-refractivity contribution in [3.63, 3.8) is 0 Å². The van der Waals surface area contributed by atoms with Crippen LogP contribution >= 0.6 is 0 Å². The molecule has 0 bridgehead atoms. The second-order valence-corrected chi connectivity index (χ2v) is 4.14. The van der Waals surface area contributed by atoms with Crippen LogP contribution in [0.2, 0.25) is 0 Å². The normalized spacial score (nSPS) is 12.9. The van der Waals surface area contributed by atoms with Gasteiger partial charge in [-0.1, -0.05) is 6.07 Å². The Morgan fingerprint density at radius 1 is 1.38 bits per heavy atom. The van der Waals surface area contributed by atoms with Crippen LogP contribution in [0, 0.1) is 0 Å². The second-order valence-electron chi connectivity index (χ2n) is 4.14. The van der Waals surface area contributed by atoms with Crippen LogP contribution in [0.5, 0.6) is 5.75 Å². The molecule has 0 radical (unpaired) electrons. The Hall–Kier alpha value is -1.10. The van der Waals surface area contributed by atoms with Crippen LogP contribution in [0.1, 0.15) is 17.2 Å². The van der Waals surface area contributed by atoms with E-state index in [9.17, 15) is 0 Å². The zero-order chi connectivity index (χ0) is 12.1. The molecule has 0 saturated carbocycles. The molecule has 0 aliphatic rings. The van der Waals surface area contributed by atoms with E-state index in [0.29, 0.717) is 0 Å². The first-order chi connectivity index (χ1) is 7.56. The SMILES string of the molecule is COc1cc(CN(C)C)cc(C(N)CO)c1. The van der Waals surface area contributed by atoms with E-state index in [-0.39, 0.29) is 12.6 Å². The van der Waals surface area contributed by atoms with Gasteiger partial charge in [0.2, 0.25) is 0 Å². The van der Waals surface area contributed by atoms with Crippen LogP contribution in [0.4, 0.5) is 0 Å². The second kappa shape index (κ2) is 5.84. The lowest BCUT2D eigenvalue weighted by Gasteiger charge is -2.15. The Morgan fingerprint density at radius 3 is 2.56 bits per heavy atom. The van der Waals surface area contributed by atoms with E-state index in [4.69, 9.17) is 15.6 Å². The molecule has 4 nitrogen and oxygen atoms in total. The Kier molecular flexibility index (Phi) is 4.73. The minimum Gasteiger partial charge on any atom is -0.497 e. The average molecular weight is 224 g/mol. The third kappa shape index (κ3) is 3.48. The molecule has 90 valence electrons. The van der Waals surface area contributed by atoms with Gasteiger partial charge in [-0.3, -0.25) is 0 Å². The van der Waals surface area contributed by atoms with Crippen molar-refractivity contribution in [3.8, 4) is 5.75 Å². The number of aliphatic hydroxyl groups is 1. The number of benzene rings is 1. The molecule has 1 rings (SSSR count). The van der Waals surface area contributed by atoms with Crippen LogP contribution in [-0.2, 0) is 6.54 Å². The van der Waals surface area contributed by atoms with Crippen molar-refractivity contribution < 1.29 is 9.84 Å². The summed E-state index contributed by atoms with van der Waals surface area (Å²) < 4.78 is 5.22. The molecule has 0 saturated heterocycles. The first-order valence-corrected chi connectivity index (χ1v) is 5.26. The van der Waals surface area contributed by atoms with E-state index < -0.39 is 0 Å². The standard InChI is InChI=1S/C12H20N2O2/c1-14(2)7-9-4-10(12(13)8-15)6-11(5-9)16-3/h4-6,12,15H,7-8,13H2,1-3H3. The number of aliphatic hydroxyl groups excluding tert-OH is 1. The molecule has 1 atom stereocenters. The fraction of sp³-hybridized carbons (Fsp3) is 0.500. The summed E-state index contributed by atoms with van der Waals surface area (Å²) in [7, 11) is 5.64. The van der Waals surface area contributed by atoms with Crippen LogP contribution in [0.3, 0.4) is 0 Å². The third-order valence-corrected chi connectivity index (χ3v) is 2.35. The number of nitrogens with zero attached hydrogens (tertiary/aromatic N) is 1. The molecule has 3 N–H and O–H groups in total. The fourth-order valence-electron chi connectivity index (χ4n) is 1.58. The summed E-state index contributed by atoms with van der Waals surface area (Å²) in [6, 6.07) is 5.49. The van der Waals surface area contributed by atoms with Crippen molar-refractivity contribution in [2.24, 2.45) is 5.73 Å². The van der Waals surface area contributed by atoms with Crippen molar-refractivity contribution in [2.75, 3.05) is 27.8 Å². The van der Waals surface area contributed by atoms with Gasteiger partial charge in [-0.2, -0.15) is 0 Å². The lowest BCUT2D eigenvalue weighted by Crippen LogP contribution is -2.16. The first-order valence-electron chi connectivity index (χ1n) is 5.26. The maximum absolute atomic E-state index is 9.05. The monoisotopic (exact) mass is 224 g/mol. The molecule has 4 heteroatoms. The van der Waals surface area contributed by atoms with Crippen molar-refractivity contribution in [2.45, 2.75) is 12.6 Å². The maximum atomic E-state index is 9.05. The van der Waals surface area contributed by atoms with Gasteiger partial charge in [0.05, 0.1) is 19.8 Å². The number of nitrogens with two attached hydrogens (primary N) is 1. The van der Waals surface area contributed by atoms with E-state index >= 15 is 0 Å². The summed E-state index contributed by atoms with van der Waals surface area (Å²) in [5.41, 5.74) is 7.83. The highest BCUT2D eigenvalue weighted by Gasteiger charge is 2.08. The third-order valence-electron chi connectivity index (χ3n) is 2.35. The smallest absolute Gasteiger partial charge is 0.119 e. The molecular weight excluding hydrogens is 204 g/mol. The van der Waals surface area contributed by atoms with Crippen molar-refractivity contribution in [1.29, 1.82) is 0 Å². The molecule has 0 aliphatic carbocycles. The molecule has 1 aromatic carbocycles. The molecule has 0 aromatic heterocycles. The van der Waals surface area contributed by atoms with Gasteiger partial charge in [-0.05, 0) is 37.4 Å². The molecule has 0 fully saturated rings. The minimum absolute atomic E-state index is 0.0609. The predicted octanol–water partition coefficient (Wildman–Crippen LogP) is 0.749. The highest BCUT2D eigenvalue weighted by atomic mass is 16.5. The Balaban J connectivity index is 3.00.